The first-order valence-electron chi connectivity index (χ1n) is 7.42. The number of nitrogens with one attached hydrogen (secondary N) is 1. The molecule has 1 rings (SSSR count). The van der Waals surface area contributed by atoms with Crippen LogP contribution in [-0.2, 0) is 4.74 Å². The molecule has 1 aromatic rings. The van der Waals surface area contributed by atoms with Crippen LogP contribution in [0.25, 0.3) is 0 Å². The summed E-state index contributed by atoms with van der Waals surface area (Å²) in [6.07, 6.45) is -0.695. The minimum atomic E-state index is -0.695. The zero-order chi connectivity index (χ0) is 23.1. The third kappa shape index (κ3) is 28.6. The first kappa shape index (κ1) is 35.2. The molecule has 0 aliphatic rings. The number of ether oxygens (including phenoxy) is 1. The number of rotatable bonds is 1. The molecule has 0 bridgehead atoms. The summed E-state index contributed by atoms with van der Waals surface area (Å²) in [7, 11) is 0. The van der Waals surface area contributed by atoms with Crippen molar-refractivity contribution in [2.75, 3.05) is 21.2 Å². The molecule has 1 aromatic heterocycles. The van der Waals surface area contributed by atoms with Gasteiger partial charge in [-0.25, -0.2) is 4.79 Å². The van der Waals surface area contributed by atoms with Gasteiger partial charge in [0.2, 0.25) is 5.95 Å². The van der Waals surface area contributed by atoms with Crippen LogP contribution >= 0.6 is 147 Å². The average molecular weight is 1090 g/mol. The molecular weight excluding hydrogens is 1070 g/mol. The van der Waals surface area contributed by atoms with Gasteiger partial charge in [0.15, 0.2) is 11.0 Å². The van der Waals surface area contributed by atoms with E-state index in [0.717, 1.165) is 1.87 Å². The first-order valence-corrected chi connectivity index (χ1v) is 15.5. The fraction of sp³-hybridized carbons (Fsp3) is 0.643. The van der Waals surface area contributed by atoms with Crippen LogP contribution in [-0.4, -0.2) is 28.0 Å². The Bertz CT molecular complexity index is 527. The number of nitrogens with zero attached hydrogens (tertiary/aromatic N) is 2. The quantitative estimate of drug-likeness (QED) is 0.150. The summed E-state index contributed by atoms with van der Waals surface area (Å²) in [4.78, 5) is 18.8. The first-order chi connectivity index (χ1) is 12.6. The molecule has 14 heteroatoms. The average Bonchev–Trinajstić information content (AvgIpc) is 2.40. The second-order valence-corrected chi connectivity index (χ2v) is 24.2. The van der Waals surface area contributed by atoms with Gasteiger partial charge in [-0.05, 0) is 32.1 Å². The molecule has 166 valence electrons. The Morgan fingerprint density at radius 2 is 1.54 bits per heavy atom. The van der Waals surface area contributed by atoms with Gasteiger partial charge in [-0.15, -0.1) is 0 Å². The topological polar surface area (TPSA) is 116 Å². The van der Waals surface area contributed by atoms with E-state index < -0.39 is 11.7 Å². The molecule has 1 heterocycles. The highest BCUT2D eigenvalue weighted by Crippen LogP contribution is 2.26. The number of hydrogen-bond acceptors (Lipinski definition) is 6. The molecule has 0 fully saturated rings. The van der Waals surface area contributed by atoms with E-state index in [4.69, 9.17) is 27.8 Å². The highest BCUT2D eigenvalue weighted by molar-refractivity contribution is 14.3. The van der Waals surface area contributed by atoms with Gasteiger partial charge in [0.25, 0.3) is 0 Å². The SMILES string of the molecule is CC(C)(C)OC(=O)Nc1c(N)nc(N)nc1Cl.CC(I)I.CCI.IC(I)I. The lowest BCUT2D eigenvalue weighted by molar-refractivity contribution is 0.0636. The Morgan fingerprint density at radius 3 is 1.82 bits per heavy atom. The van der Waals surface area contributed by atoms with Crippen molar-refractivity contribution in [1.82, 2.24) is 9.97 Å². The fourth-order valence-corrected chi connectivity index (χ4v) is 1.22. The predicted molar refractivity (Wildman–Crippen MR) is 174 cm³/mol. The number of nitrogen functional groups attached to an aromatic ring is 2. The lowest BCUT2D eigenvalue weighted by atomic mass is 10.2. The van der Waals surface area contributed by atoms with E-state index in [1.165, 1.54) is 4.43 Å². The van der Waals surface area contributed by atoms with E-state index in [-0.39, 0.29) is 22.6 Å². The van der Waals surface area contributed by atoms with Crippen molar-refractivity contribution in [3.05, 3.63) is 5.15 Å². The minimum Gasteiger partial charge on any atom is -0.444 e. The van der Waals surface area contributed by atoms with Gasteiger partial charge in [0.1, 0.15) is 11.2 Å². The lowest BCUT2D eigenvalue weighted by Crippen LogP contribution is -2.27. The Labute approximate surface area is 254 Å². The normalized spacial score (nSPS) is 9.93. The van der Waals surface area contributed by atoms with Crippen molar-refractivity contribution in [2.45, 2.75) is 42.1 Å². The van der Waals surface area contributed by atoms with Crippen LogP contribution in [0.15, 0.2) is 0 Å². The summed E-state index contributed by atoms with van der Waals surface area (Å²) in [5, 5.41) is 2.32. The van der Waals surface area contributed by atoms with Crippen molar-refractivity contribution in [3.8, 4) is 0 Å². The van der Waals surface area contributed by atoms with Crippen molar-refractivity contribution in [2.24, 2.45) is 0 Å². The molecule has 0 radical (unpaired) electrons. The zero-order valence-corrected chi connectivity index (χ0v) is 29.6. The molecule has 0 aromatic carbocycles. The molecule has 0 aliphatic carbocycles. The van der Waals surface area contributed by atoms with E-state index in [9.17, 15) is 4.79 Å². The van der Waals surface area contributed by atoms with Crippen molar-refractivity contribution >= 4 is 171 Å². The number of alkyl halides is 6. The van der Waals surface area contributed by atoms with Gasteiger partial charge in [-0.3, -0.25) is 5.32 Å². The second kappa shape index (κ2) is 20.2. The Hall–Kier alpha value is 2.62. The van der Waals surface area contributed by atoms with Crippen LogP contribution < -0.4 is 16.8 Å². The maximum atomic E-state index is 11.5. The summed E-state index contributed by atoms with van der Waals surface area (Å²) < 4.78 is 7.77. The molecular formula is C14H24ClI6N5O2. The molecule has 28 heavy (non-hydrogen) atoms. The van der Waals surface area contributed by atoms with Gasteiger partial charge in [-0.1, -0.05) is 154 Å². The molecule has 0 saturated heterocycles. The van der Waals surface area contributed by atoms with E-state index >= 15 is 0 Å². The number of amides is 1. The molecule has 1 amide bonds. The van der Waals surface area contributed by atoms with E-state index in [0.29, 0.717) is 0 Å². The van der Waals surface area contributed by atoms with Gasteiger partial charge < -0.3 is 16.2 Å². The number of hydrogen-bond donors (Lipinski definition) is 3. The Morgan fingerprint density at radius 1 is 1.18 bits per heavy atom. The van der Waals surface area contributed by atoms with E-state index in [2.05, 4.69) is 165 Å². The molecule has 0 saturated carbocycles. The summed E-state index contributed by atoms with van der Waals surface area (Å²) >= 11 is 19.7. The zero-order valence-electron chi connectivity index (χ0n) is 15.9. The number of nitrogens with two attached hydrogens (primary N) is 2. The van der Waals surface area contributed by atoms with Gasteiger partial charge in [0, 0.05) is 0 Å². The molecule has 0 unspecified atom stereocenters. The monoisotopic (exact) mass is 1090 g/mol. The predicted octanol–water partition coefficient (Wildman–Crippen LogP) is 7.86. The van der Waals surface area contributed by atoms with E-state index in [1.807, 2.05) is 0 Å². The molecule has 0 spiro atoms. The molecule has 0 aliphatic heterocycles. The fourth-order valence-electron chi connectivity index (χ4n) is 0.988. The maximum Gasteiger partial charge on any atom is 0.412 e. The smallest absolute Gasteiger partial charge is 0.412 e. The highest BCUT2D eigenvalue weighted by atomic mass is 127. The van der Waals surface area contributed by atoms with Crippen LogP contribution in [0.3, 0.4) is 0 Å². The number of aromatic nitrogens is 2. The van der Waals surface area contributed by atoms with Gasteiger partial charge in [-0.2, -0.15) is 9.97 Å². The minimum absolute atomic E-state index is 0.0200. The number of carbonyl (C=O) groups excluding carboxylic acids is 1. The third-order valence-electron chi connectivity index (χ3n) is 1.54. The van der Waals surface area contributed by atoms with Crippen LogP contribution in [0.1, 0.15) is 34.6 Å². The number of halogens is 7. The van der Waals surface area contributed by atoms with E-state index in [1.54, 1.807) is 20.8 Å². The standard InChI is InChI=1S/C9H14ClN5O2.C2H4I2.C2H5I.CHI3/c1-9(2,3)17-8(16)13-4-5(10)14-7(12)15-6(4)11;1-2(3)4;1-2-3;2-1(3)4/h1-3H3,(H,13,16)(H4,11,12,14,15);2H,1H3;2H2,1H3;1H. The lowest BCUT2D eigenvalue weighted by Gasteiger charge is -2.20. The van der Waals surface area contributed by atoms with Crippen molar-refractivity contribution in [1.29, 1.82) is 0 Å². The van der Waals surface area contributed by atoms with Crippen LogP contribution in [0.2, 0.25) is 5.15 Å². The van der Waals surface area contributed by atoms with Crippen LogP contribution in [0, 0.1) is 0 Å². The van der Waals surface area contributed by atoms with Crippen molar-refractivity contribution < 1.29 is 9.53 Å². The summed E-state index contributed by atoms with van der Waals surface area (Å²) in [6.45, 7) is 9.45. The van der Waals surface area contributed by atoms with Gasteiger partial charge >= 0.3 is 6.09 Å². The molecule has 5 N–H and O–H groups in total. The number of carbonyl (C=O) groups is 1. The second-order valence-electron chi connectivity index (χ2n) is 5.29. The van der Waals surface area contributed by atoms with Crippen LogP contribution in [0.4, 0.5) is 22.2 Å². The Kier molecular flexibility index (Phi) is 25.5. The molecule has 7 nitrogen and oxygen atoms in total. The largest absolute Gasteiger partial charge is 0.444 e. The van der Waals surface area contributed by atoms with Crippen LogP contribution in [0.5, 0.6) is 0 Å². The number of anilines is 3. The summed E-state index contributed by atoms with van der Waals surface area (Å²) in [5.74, 6) is -0.0874. The maximum absolute atomic E-state index is 11.5. The third-order valence-corrected chi connectivity index (χ3v) is 1.81. The van der Waals surface area contributed by atoms with Crippen molar-refractivity contribution in [3.63, 3.8) is 0 Å². The molecule has 0 atom stereocenters. The van der Waals surface area contributed by atoms with Gasteiger partial charge in [0.05, 0.1) is 1.93 Å². The summed E-state index contributed by atoms with van der Waals surface area (Å²) in [5.41, 5.74) is 10.3. The summed E-state index contributed by atoms with van der Waals surface area (Å²) in [6, 6.07) is 0. The Balaban J connectivity index is -0.000000469. The highest BCUT2D eigenvalue weighted by Gasteiger charge is 2.19.